The van der Waals surface area contributed by atoms with Gasteiger partial charge in [-0.05, 0) is 68.1 Å². The van der Waals surface area contributed by atoms with Gasteiger partial charge in [0.1, 0.15) is 43.4 Å². The van der Waals surface area contributed by atoms with Gasteiger partial charge in [0.05, 0.1) is 24.8 Å². The lowest BCUT2D eigenvalue weighted by atomic mass is 9.92. The van der Waals surface area contributed by atoms with E-state index in [9.17, 15) is 14.4 Å². The van der Waals surface area contributed by atoms with Crippen LogP contribution in [-0.2, 0) is 33.9 Å². The monoisotopic (exact) mass is 779 g/mol. The molecule has 1 amide bonds. The number of nitrogens with two attached hydrogens (primary N) is 1. The molecule has 56 heavy (non-hydrogen) atoms. The van der Waals surface area contributed by atoms with Crippen LogP contribution in [0.15, 0.2) is 77.0 Å². The van der Waals surface area contributed by atoms with E-state index in [1.165, 1.54) is 32.4 Å². The Labute approximate surface area is 321 Å². The van der Waals surface area contributed by atoms with Crippen molar-refractivity contribution in [1.82, 2.24) is 10.3 Å². The number of methoxy groups -OCH3 is 1. The van der Waals surface area contributed by atoms with Crippen LogP contribution in [0.25, 0.3) is 0 Å². The molecule has 0 spiro atoms. The standard InChI is InChI=1S/C37H43FN8O10/c1-21(2)19-53-35(48)44-31(39)24-8-10-25(11-9-24)43-29-18-37(29,27-16-26(50-6)17-28(30(27)38)52-15-14-51-23(5)47)32(40)45-34(46-33-41-12-7-13-42-33)54-20-55-36(49)56-22(3)4/h7-13,16-17,22,29,43H,1,14-15,18-20H2,2-6H3,(H2,39,44,48)(H2,40,41,42,45,46)/p+1. The lowest BCUT2D eigenvalue weighted by molar-refractivity contribution is -0.366. The average molecular weight is 780 g/mol. The third kappa shape index (κ3) is 11.9. The fraction of sp³-hybridized carbons (Fsp3) is 0.351. The topological polar surface area (TPSA) is 241 Å². The molecule has 0 radical (unpaired) electrons. The Balaban J connectivity index is 1.70. The molecule has 18 nitrogen and oxygen atoms in total. The molecule has 1 aromatic heterocycles. The first-order valence-corrected chi connectivity index (χ1v) is 17.1. The number of benzene rings is 2. The Hall–Kier alpha value is -6.79. The molecule has 298 valence electrons. The summed E-state index contributed by atoms with van der Waals surface area (Å²) in [6.45, 7) is 8.95. The quantitative estimate of drug-likeness (QED) is 0.0302. The second-order valence-corrected chi connectivity index (χ2v) is 12.5. The summed E-state index contributed by atoms with van der Waals surface area (Å²) in [5.74, 6) is -1.59. The van der Waals surface area contributed by atoms with Gasteiger partial charge in [-0.1, -0.05) is 11.6 Å². The lowest BCUT2D eigenvalue weighted by Crippen LogP contribution is -2.36. The van der Waals surface area contributed by atoms with E-state index in [0.717, 1.165) is 0 Å². The van der Waals surface area contributed by atoms with Crippen LogP contribution in [0.3, 0.4) is 0 Å². The molecular weight excluding hydrogens is 735 g/mol. The summed E-state index contributed by atoms with van der Waals surface area (Å²) in [6, 6.07) is 9.93. The van der Waals surface area contributed by atoms with E-state index < -0.39 is 54.4 Å². The predicted octanol–water partition coefficient (Wildman–Crippen LogP) is 4.32. The maximum atomic E-state index is 16.6. The van der Waals surface area contributed by atoms with Crippen LogP contribution >= 0.6 is 0 Å². The maximum absolute atomic E-state index is 16.6. The molecule has 0 bridgehead atoms. The van der Waals surface area contributed by atoms with Crippen molar-refractivity contribution < 1.29 is 56.9 Å². The van der Waals surface area contributed by atoms with Gasteiger partial charge in [-0.3, -0.25) is 15.5 Å². The van der Waals surface area contributed by atoms with Crippen molar-refractivity contribution in [2.24, 2.45) is 15.7 Å². The summed E-state index contributed by atoms with van der Waals surface area (Å²) in [5, 5.41) is 14.0. The van der Waals surface area contributed by atoms with Crippen LogP contribution in [-0.4, -0.2) is 86.8 Å². The van der Waals surface area contributed by atoms with Crippen molar-refractivity contribution in [1.29, 1.82) is 5.41 Å². The summed E-state index contributed by atoms with van der Waals surface area (Å²) < 4.78 is 53.2. The second kappa shape index (κ2) is 19.5. The molecule has 4 rings (SSSR count). The smallest absolute Gasteiger partial charge is 0.497 e. The third-order valence-corrected chi connectivity index (χ3v) is 7.69. The van der Waals surface area contributed by atoms with Gasteiger partial charge in [0.25, 0.3) is 0 Å². The normalized spacial score (nSPS) is 16.2. The number of anilines is 1. The Kier molecular flexibility index (Phi) is 14.6. The van der Waals surface area contributed by atoms with Gasteiger partial charge in [-0.15, -0.1) is 0 Å². The first-order chi connectivity index (χ1) is 26.7. The van der Waals surface area contributed by atoms with Crippen LogP contribution in [0, 0.1) is 11.2 Å². The SMILES string of the molecule is C=C(C)COC(=O)NC(=N)c1ccc(NC2CC2(C(N)=NC(=Nc2nccc[nH+]2)OCOC(=O)OC(C)C)c2cc(OC)cc(OCCOC(C)=O)c2F)cc1. The zero-order chi connectivity index (χ0) is 40.8. The van der Waals surface area contributed by atoms with Crippen molar-refractivity contribution in [2.75, 3.05) is 39.0 Å². The van der Waals surface area contributed by atoms with Crippen molar-refractivity contribution in [3.05, 3.63) is 84.0 Å². The Bertz CT molecular complexity index is 1960. The number of esters is 1. The van der Waals surface area contributed by atoms with Crippen molar-refractivity contribution in [3.8, 4) is 11.5 Å². The number of hydrogen-bond donors (Lipinski definition) is 4. The molecule has 0 saturated heterocycles. The van der Waals surface area contributed by atoms with E-state index >= 15 is 4.39 Å². The molecule has 1 saturated carbocycles. The van der Waals surface area contributed by atoms with Crippen LogP contribution in [0.1, 0.15) is 45.2 Å². The number of amidine groups is 3. The van der Waals surface area contributed by atoms with E-state index in [-0.39, 0.29) is 60.9 Å². The number of aromatic nitrogens is 2. The van der Waals surface area contributed by atoms with Crippen LogP contribution in [0.4, 0.5) is 25.6 Å². The zero-order valence-corrected chi connectivity index (χ0v) is 31.5. The lowest BCUT2D eigenvalue weighted by Gasteiger charge is -2.22. The molecular formula is C37H44FN8O10+. The number of carbonyl (C=O) groups excluding carboxylic acids is 3. The summed E-state index contributed by atoms with van der Waals surface area (Å²) >= 11 is 0. The molecule has 2 atom stereocenters. The number of alkyl carbamates (subject to hydrolysis) is 1. The summed E-state index contributed by atoms with van der Waals surface area (Å²) in [5.41, 5.74) is 6.98. The number of nitrogens with zero attached hydrogens (tertiary/aromatic N) is 3. The minimum atomic E-state index is -1.39. The number of ether oxygens (including phenoxy) is 7. The zero-order valence-electron chi connectivity index (χ0n) is 31.5. The molecule has 1 aliphatic rings. The highest BCUT2D eigenvalue weighted by atomic mass is 19.1. The Morgan fingerprint density at radius 3 is 2.52 bits per heavy atom. The van der Waals surface area contributed by atoms with Crippen LogP contribution in [0.2, 0.25) is 0 Å². The minimum absolute atomic E-state index is 0.00903. The number of H-pyrrole nitrogens is 1. The number of aliphatic imine (C=N–C) groups is 2. The molecule has 2 aromatic carbocycles. The van der Waals surface area contributed by atoms with Crippen molar-refractivity contribution in [3.63, 3.8) is 0 Å². The maximum Gasteiger partial charge on any atom is 0.511 e. The molecule has 2 unspecified atom stereocenters. The van der Waals surface area contributed by atoms with Gasteiger partial charge in [0, 0.05) is 41.9 Å². The fourth-order valence-electron chi connectivity index (χ4n) is 5.06. The van der Waals surface area contributed by atoms with Crippen molar-refractivity contribution in [2.45, 2.75) is 51.7 Å². The number of aromatic amines is 1. The van der Waals surface area contributed by atoms with Gasteiger partial charge in [-0.2, -0.15) is 4.99 Å². The fourth-order valence-corrected chi connectivity index (χ4v) is 5.06. The number of nitrogens with one attached hydrogen (secondary N) is 4. The predicted molar refractivity (Wildman–Crippen MR) is 200 cm³/mol. The number of hydrogen-bond acceptors (Lipinski definition) is 14. The molecule has 1 heterocycles. The first kappa shape index (κ1) is 42.0. The summed E-state index contributed by atoms with van der Waals surface area (Å²) in [7, 11) is 1.40. The highest BCUT2D eigenvalue weighted by molar-refractivity contribution is 6.05. The molecule has 6 N–H and O–H groups in total. The van der Waals surface area contributed by atoms with E-state index in [2.05, 4.69) is 37.2 Å². The van der Waals surface area contributed by atoms with Gasteiger partial charge in [-0.25, -0.2) is 19.0 Å². The Morgan fingerprint density at radius 2 is 1.88 bits per heavy atom. The highest BCUT2D eigenvalue weighted by Gasteiger charge is 2.61. The molecule has 1 fully saturated rings. The van der Waals surface area contributed by atoms with Gasteiger partial charge >= 0.3 is 30.2 Å². The molecule has 19 heteroatoms. The minimum Gasteiger partial charge on any atom is -0.497 e. The number of halogens is 1. The molecule has 1 aliphatic carbocycles. The molecule has 3 aromatic rings. The van der Waals surface area contributed by atoms with Gasteiger partial charge in [0.2, 0.25) is 6.79 Å². The Morgan fingerprint density at radius 1 is 1.12 bits per heavy atom. The van der Waals surface area contributed by atoms with Crippen LogP contribution < -0.4 is 30.8 Å². The third-order valence-electron chi connectivity index (χ3n) is 7.69. The van der Waals surface area contributed by atoms with Gasteiger partial charge < -0.3 is 44.2 Å². The van der Waals surface area contributed by atoms with E-state index in [1.807, 2.05) is 0 Å². The summed E-state index contributed by atoms with van der Waals surface area (Å²) in [4.78, 5) is 51.0. The number of amides is 1. The second-order valence-electron chi connectivity index (χ2n) is 12.5. The first-order valence-electron chi connectivity index (χ1n) is 17.1. The van der Waals surface area contributed by atoms with Crippen LogP contribution in [0.5, 0.6) is 11.5 Å². The molecule has 0 aliphatic heterocycles. The number of rotatable bonds is 16. The van der Waals surface area contributed by atoms with E-state index in [4.69, 9.17) is 44.3 Å². The van der Waals surface area contributed by atoms with E-state index in [1.54, 1.807) is 57.3 Å². The summed E-state index contributed by atoms with van der Waals surface area (Å²) in [6.07, 6.45) is 0.960. The average Bonchev–Trinajstić information content (AvgIpc) is 3.87. The number of carbonyl (C=O) groups is 3. The van der Waals surface area contributed by atoms with Gasteiger partial charge in [0.15, 0.2) is 11.6 Å². The van der Waals surface area contributed by atoms with Crippen molar-refractivity contribution >= 4 is 47.5 Å². The largest absolute Gasteiger partial charge is 0.511 e. The van der Waals surface area contributed by atoms with E-state index in [0.29, 0.717) is 16.8 Å². The highest BCUT2D eigenvalue weighted by Crippen LogP contribution is 2.53.